The fourth-order valence-electron chi connectivity index (χ4n) is 2.73. The van der Waals surface area contributed by atoms with Crippen LogP contribution in [0.15, 0.2) is 33.7 Å². The van der Waals surface area contributed by atoms with Crippen molar-refractivity contribution in [2.75, 3.05) is 18.4 Å². The lowest BCUT2D eigenvalue weighted by atomic mass is 10.1. The van der Waals surface area contributed by atoms with Gasteiger partial charge in [-0.15, -0.1) is 0 Å². The zero-order chi connectivity index (χ0) is 15.7. The first kappa shape index (κ1) is 14.6. The molecule has 2 aliphatic rings. The van der Waals surface area contributed by atoms with Gasteiger partial charge in [0.15, 0.2) is 11.3 Å². The number of aryl methyl sites for hydroxylation is 2. The normalized spacial score (nSPS) is 12.3. The number of rotatable bonds is 3. The van der Waals surface area contributed by atoms with Crippen molar-refractivity contribution >= 4 is 16.8 Å². The highest BCUT2D eigenvalue weighted by Crippen LogP contribution is 2.29. The maximum Gasteiger partial charge on any atom is 0.155 e. The molecule has 3 rings (SSSR count). The molecule has 0 aromatic heterocycles. The van der Waals surface area contributed by atoms with E-state index in [9.17, 15) is 0 Å². The Kier molecular flexibility index (Phi) is 3.84. The molecule has 114 valence electrons. The van der Waals surface area contributed by atoms with Crippen LogP contribution in [0.25, 0.3) is 22.6 Å². The average molecular weight is 295 g/mol. The van der Waals surface area contributed by atoms with Crippen molar-refractivity contribution in [3.8, 4) is 11.5 Å². The lowest BCUT2D eigenvalue weighted by Gasteiger charge is -2.12. The number of anilines is 1. The van der Waals surface area contributed by atoms with Gasteiger partial charge in [-0.05, 0) is 51.0 Å². The Hall–Kier alpha value is -2.36. The van der Waals surface area contributed by atoms with Gasteiger partial charge in [0.2, 0.25) is 0 Å². The van der Waals surface area contributed by atoms with Gasteiger partial charge in [-0.25, -0.2) is 4.98 Å². The Morgan fingerprint density at radius 2 is 1.91 bits per heavy atom. The molecule has 0 fully saturated rings. The van der Waals surface area contributed by atoms with Gasteiger partial charge in [-0.1, -0.05) is 0 Å². The molecule has 0 amide bonds. The van der Waals surface area contributed by atoms with Crippen molar-refractivity contribution in [3.63, 3.8) is 0 Å². The van der Waals surface area contributed by atoms with Crippen molar-refractivity contribution in [1.82, 2.24) is 4.98 Å². The quantitative estimate of drug-likeness (QED) is 0.745. The molecule has 4 nitrogen and oxygen atoms in total. The van der Waals surface area contributed by atoms with Gasteiger partial charge in [-0.3, -0.25) is 4.99 Å². The van der Waals surface area contributed by atoms with Crippen LogP contribution in [0, 0.1) is 13.8 Å². The Labute approximate surface area is 130 Å². The third-order valence-corrected chi connectivity index (χ3v) is 3.68. The number of nitrogens with zero attached hydrogens (tertiary/aromatic N) is 2. The van der Waals surface area contributed by atoms with E-state index in [0.717, 1.165) is 57.8 Å². The van der Waals surface area contributed by atoms with Crippen molar-refractivity contribution < 1.29 is 4.42 Å². The fourth-order valence-corrected chi connectivity index (χ4v) is 2.73. The lowest BCUT2D eigenvalue weighted by molar-refractivity contribution is 0.611. The molecule has 0 saturated carbocycles. The highest BCUT2D eigenvalue weighted by atomic mass is 16.3. The van der Waals surface area contributed by atoms with Gasteiger partial charge in [0, 0.05) is 30.9 Å². The monoisotopic (exact) mass is 295 g/mol. The van der Waals surface area contributed by atoms with Gasteiger partial charge in [0.05, 0.1) is 5.36 Å². The number of nitrogens with one attached hydrogen (secondary N) is 1. The zero-order valence-electron chi connectivity index (χ0n) is 13.5. The molecule has 0 spiro atoms. The average Bonchev–Trinajstić information content (AvgIpc) is 2.46. The van der Waals surface area contributed by atoms with E-state index in [4.69, 9.17) is 9.40 Å². The molecule has 0 atom stereocenters. The minimum Gasteiger partial charge on any atom is -0.453 e. The second kappa shape index (κ2) is 5.79. The first-order valence-electron chi connectivity index (χ1n) is 7.72. The SMILES string of the molecule is CC/N=c1/cc2oc3cc(NCC)cc(C)c3nc-2c(C)c1. The van der Waals surface area contributed by atoms with Gasteiger partial charge in [0.25, 0.3) is 0 Å². The molecule has 1 aliphatic heterocycles. The summed E-state index contributed by atoms with van der Waals surface area (Å²) >= 11 is 0. The number of hydrogen-bond acceptors (Lipinski definition) is 4. The van der Waals surface area contributed by atoms with Crippen LogP contribution in [-0.4, -0.2) is 18.1 Å². The fraction of sp³-hybridized carbons (Fsp3) is 0.333. The maximum absolute atomic E-state index is 6.12. The summed E-state index contributed by atoms with van der Waals surface area (Å²) in [4.78, 5) is 9.28. The van der Waals surface area contributed by atoms with Crippen molar-refractivity contribution in [3.05, 3.63) is 40.7 Å². The smallest absolute Gasteiger partial charge is 0.155 e. The van der Waals surface area contributed by atoms with Gasteiger partial charge < -0.3 is 9.73 Å². The molecule has 1 aliphatic carbocycles. The highest BCUT2D eigenvalue weighted by molar-refractivity contribution is 5.83. The summed E-state index contributed by atoms with van der Waals surface area (Å²) in [7, 11) is 0. The van der Waals surface area contributed by atoms with Crippen molar-refractivity contribution in [1.29, 1.82) is 0 Å². The number of benzene rings is 2. The van der Waals surface area contributed by atoms with E-state index in [1.54, 1.807) is 0 Å². The number of fused-ring (bicyclic) bond motifs is 2. The molecule has 0 unspecified atom stereocenters. The molecule has 0 bridgehead atoms. The van der Waals surface area contributed by atoms with Crippen LogP contribution >= 0.6 is 0 Å². The third-order valence-electron chi connectivity index (χ3n) is 3.68. The second-order valence-corrected chi connectivity index (χ2v) is 5.47. The highest BCUT2D eigenvalue weighted by Gasteiger charge is 2.14. The molecular formula is C18H21N3O. The summed E-state index contributed by atoms with van der Waals surface area (Å²) < 4.78 is 6.12. The Morgan fingerprint density at radius 1 is 1.09 bits per heavy atom. The number of hydrogen-bond donors (Lipinski definition) is 1. The van der Waals surface area contributed by atoms with E-state index in [1.807, 2.05) is 26.0 Å². The number of aromatic nitrogens is 1. The predicted octanol–water partition coefficient (Wildman–Crippen LogP) is 3.90. The predicted molar refractivity (Wildman–Crippen MR) is 90.4 cm³/mol. The molecular weight excluding hydrogens is 274 g/mol. The van der Waals surface area contributed by atoms with Crippen molar-refractivity contribution in [2.45, 2.75) is 27.7 Å². The van der Waals surface area contributed by atoms with Crippen LogP contribution in [0.3, 0.4) is 0 Å². The van der Waals surface area contributed by atoms with E-state index in [-0.39, 0.29) is 0 Å². The van der Waals surface area contributed by atoms with E-state index in [2.05, 4.69) is 36.3 Å². The lowest BCUT2D eigenvalue weighted by Crippen LogP contribution is -2.06. The Bertz CT molecular complexity index is 864. The van der Waals surface area contributed by atoms with E-state index in [1.165, 1.54) is 0 Å². The minimum absolute atomic E-state index is 0.760. The van der Waals surface area contributed by atoms with Gasteiger partial charge >= 0.3 is 0 Å². The Balaban J connectivity index is 2.32. The first-order chi connectivity index (χ1) is 10.6. The zero-order valence-corrected chi connectivity index (χ0v) is 13.5. The van der Waals surface area contributed by atoms with Crippen LogP contribution in [0.5, 0.6) is 0 Å². The third kappa shape index (κ3) is 2.56. The van der Waals surface area contributed by atoms with Crippen molar-refractivity contribution in [2.24, 2.45) is 4.99 Å². The second-order valence-electron chi connectivity index (χ2n) is 5.47. The van der Waals surface area contributed by atoms with Gasteiger partial charge in [0.1, 0.15) is 11.2 Å². The van der Waals surface area contributed by atoms with Crippen LogP contribution in [0.1, 0.15) is 25.0 Å². The summed E-state index contributed by atoms with van der Waals surface area (Å²) in [5, 5.41) is 4.27. The van der Waals surface area contributed by atoms with E-state index < -0.39 is 0 Å². The minimum atomic E-state index is 0.760. The first-order valence-corrected chi connectivity index (χ1v) is 7.72. The molecule has 1 heterocycles. The molecule has 0 saturated heterocycles. The standard InChI is InChI=1S/C18H21N3O/c1-5-19-13-7-11(3)17-15(9-13)22-16-10-14(20-6-2)8-12(4)18(16)21-17/h7-10,19H,5-6H2,1-4H3/b20-14+. The molecule has 1 N–H and O–H groups in total. The van der Waals surface area contributed by atoms with E-state index in [0.29, 0.717) is 0 Å². The van der Waals surface area contributed by atoms with E-state index >= 15 is 0 Å². The molecule has 22 heavy (non-hydrogen) atoms. The summed E-state index contributed by atoms with van der Waals surface area (Å²) in [5.41, 5.74) is 5.88. The van der Waals surface area contributed by atoms with Crippen LogP contribution in [-0.2, 0) is 0 Å². The largest absolute Gasteiger partial charge is 0.453 e. The summed E-state index contributed by atoms with van der Waals surface area (Å²) in [6.45, 7) is 9.86. The van der Waals surface area contributed by atoms with Gasteiger partial charge in [-0.2, -0.15) is 0 Å². The van der Waals surface area contributed by atoms with Crippen LogP contribution in [0.4, 0.5) is 5.69 Å². The summed E-state index contributed by atoms with van der Waals surface area (Å²) in [5.74, 6) is 0.785. The Morgan fingerprint density at radius 3 is 2.64 bits per heavy atom. The topological polar surface area (TPSA) is 50.4 Å². The maximum atomic E-state index is 6.12. The summed E-state index contributed by atoms with van der Waals surface area (Å²) in [6, 6.07) is 8.14. The molecule has 0 radical (unpaired) electrons. The van der Waals surface area contributed by atoms with Crippen LogP contribution < -0.4 is 10.7 Å². The van der Waals surface area contributed by atoms with Crippen LogP contribution in [0.2, 0.25) is 0 Å². The molecule has 4 heteroatoms. The summed E-state index contributed by atoms with van der Waals surface area (Å²) in [6.07, 6.45) is 0. The molecule has 1 aromatic rings. The molecule has 1 aromatic carbocycles.